The Balaban J connectivity index is 0.00000392. The fourth-order valence-electron chi connectivity index (χ4n) is 3.46. The van der Waals surface area contributed by atoms with Crippen molar-refractivity contribution in [2.75, 3.05) is 38.7 Å². The lowest BCUT2D eigenvalue weighted by Gasteiger charge is -2.29. The van der Waals surface area contributed by atoms with Gasteiger partial charge in [-0.15, -0.1) is 24.0 Å². The highest BCUT2D eigenvalue weighted by molar-refractivity contribution is 14.0. The highest BCUT2D eigenvalue weighted by Crippen LogP contribution is 2.40. The number of halogens is 2. The summed E-state index contributed by atoms with van der Waals surface area (Å²) in [5, 5.41) is 9.29. The zero-order valence-corrected chi connectivity index (χ0v) is 19.1. The molecule has 1 aromatic rings. The number of hydrogen-bond acceptors (Lipinski definition) is 3. The van der Waals surface area contributed by atoms with Gasteiger partial charge in [0.05, 0.1) is 0 Å². The number of hydrogen-bond donors (Lipinski definition) is 3. The Morgan fingerprint density at radius 1 is 1.21 bits per heavy atom. The van der Waals surface area contributed by atoms with Crippen LogP contribution in [-0.4, -0.2) is 45.2 Å². The fraction of sp³-hybridized carbons (Fsp3) is 0.600. The van der Waals surface area contributed by atoms with E-state index in [0.29, 0.717) is 11.6 Å². The van der Waals surface area contributed by atoms with E-state index in [2.05, 4.69) is 20.9 Å². The number of nitrogens with zero attached hydrogens (tertiary/aromatic N) is 1. The first-order valence-electron chi connectivity index (χ1n) is 9.63. The number of ether oxygens (including phenoxy) is 1. The van der Waals surface area contributed by atoms with Gasteiger partial charge >= 0.3 is 0 Å². The second-order valence-corrected chi connectivity index (χ2v) is 7.05. The standard InChI is InChI=1S/C20H31FN4O2.HI/c1-3-22-19(24-15-20(12-13-27-2)10-4-5-11-20)23-14-18(26)25-17-8-6-16(21)7-9-17;/h6-9H,3-5,10-15H2,1-2H3,(H,25,26)(H2,22,23,24);1H. The Hall–Kier alpha value is -1.42. The number of methoxy groups -OCH3 is 1. The van der Waals surface area contributed by atoms with Crippen LogP contribution in [0.1, 0.15) is 39.0 Å². The second-order valence-electron chi connectivity index (χ2n) is 7.05. The predicted molar refractivity (Wildman–Crippen MR) is 122 cm³/mol. The fourth-order valence-corrected chi connectivity index (χ4v) is 3.46. The summed E-state index contributed by atoms with van der Waals surface area (Å²) in [6, 6.07) is 5.68. The lowest BCUT2D eigenvalue weighted by Crippen LogP contribution is -2.43. The van der Waals surface area contributed by atoms with E-state index < -0.39 is 0 Å². The quantitative estimate of drug-likeness (QED) is 0.272. The summed E-state index contributed by atoms with van der Waals surface area (Å²) in [4.78, 5) is 16.5. The Labute approximate surface area is 184 Å². The first kappa shape index (κ1) is 24.6. The molecule has 0 heterocycles. The SMILES string of the molecule is CCNC(=NCC(=O)Nc1ccc(F)cc1)NCC1(CCOC)CCCC1.I. The van der Waals surface area contributed by atoms with Crippen molar-refractivity contribution in [3.8, 4) is 0 Å². The third kappa shape index (κ3) is 8.30. The largest absolute Gasteiger partial charge is 0.385 e. The zero-order chi connectivity index (χ0) is 19.5. The summed E-state index contributed by atoms with van der Waals surface area (Å²) >= 11 is 0. The molecule has 3 N–H and O–H groups in total. The number of carbonyl (C=O) groups excluding carboxylic acids is 1. The Bertz CT molecular complexity index is 619. The van der Waals surface area contributed by atoms with Gasteiger partial charge in [0.15, 0.2) is 5.96 Å². The topological polar surface area (TPSA) is 74.8 Å². The number of aliphatic imine (C=N–C) groups is 1. The second kappa shape index (κ2) is 12.9. The maximum absolute atomic E-state index is 12.9. The van der Waals surface area contributed by atoms with Crippen LogP contribution in [0, 0.1) is 11.2 Å². The molecule has 8 heteroatoms. The summed E-state index contributed by atoms with van der Waals surface area (Å²) < 4.78 is 18.2. The number of rotatable bonds is 9. The van der Waals surface area contributed by atoms with E-state index in [1.165, 1.54) is 49.9 Å². The first-order chi connectivity index (χ1) is 13.1. The zero-order valence-electron chi connectivity index (χ0n) is 16.7. The van der Waals surface area contributed by atoms with Crippen LogP contribution in [-0.2, 0) is 9.53 Å². The molecular weight excluding hydrogens is 474 g/mol. The van der Waals surface area contributed by atoms with E-state index in [1.807, 2.05) is 6.92 Å². The van der Waals surface area contributed by atoms with Crippen LogP contribution in [0.5, 0.6) is 0 Å². The Morgan fingerprint density at radius 2 is 1.89 bits per heavy atom. The summed E-state index contributed by atoms with van der Waals surface area (Å²) in [6.07, 6.45) is 5.90. The third-order valence-electron chi connectivity index (χ3n) is 4.98. The monoisotopic (exact) mass is 506 g/mol. The van der Waals surface area contributed by atoms with E-state index in [0.717, 1.165) is 26.1 Å². The Kier molecular flexibility index (Phi) is 11.4. The van der Waals surface area contributed by atoms with Crippen molar-refractivity contribution in [1.29, 1.82) is 0 Å². The molecule has 1 aromatic carbocycles. The average molecular weight is 506 g/mol. The molecule has 158 valence electrons. The molecule has 0 bridgehead atoms. The van der Waals surface area contributed by atoms with Gasteiger partial charge in [-0.05, 0) is 55.9 Å². The van der Waals surface area contributed by atoms with Gasteiger partial charge in [0.1, 0.15) is 12.4 Å². The number of anilines is 1. The molecular formula is C20H32FIN4O2. The maximum Gasteiger partial charge on any atom is 0.246 e. The van der Waals surface area contributed by atoms with E-state index in [4.69, 9.17) is 4.74 Å². The van der Waals surface area contributed by atoms with Crippen LogP contribution in [0.2, 0.25) is 0 Å². The van der Waals surface area contributed by atoms with Gasteiger partial charge in [0.25, 0.3) is 0 Å². The van der Waals surface area contributed by atoms with E-state index in [-0.39, 0.29) is 47.7 Å². The number of carbonyl (C=O) groups is 1. The number of guanidine groups is 1. The highest BCUT2D eigenvalue weighted by atomic mass is 127. The first-order valence-corrected chi connectivity index (χ1v) is 9.63. The molecule has 1 aliphatic rings. The van der Waals surface area contributed by atoms with Crippen LogP contribution < -0.4 is 16.0 Å². The number of benzene rings is 1. The molecule has 1 aliphatic carbocycles. The minimum absolute atomic E-state index is 0. The highest BCUT2D eigenvalue weighted by Gasteiger charge is 2.33. The van der Waals surface area contributed by atoms with Crippen LogP contribution >= 0.6 is 24.0 Å². The minimum Gasteiger partial charge on any atom is -0.385 e. The normalized spacial score (nSPS) is 15.6. The van der Waals surface area contributed by atoms with E-state index >= 15 is 0 Å². The molecule has 1 amide bonds. The van der Waals surface area contributed by atoms with E-state index in [9.17, 15) is 9.18 Å². The average Bonchev–Trinajstić information content (AvgIpc) is 3.13. The smallest absolute Gasteiger partial charge is 0.246 e. The molecule has 0 atom stereocenters. The van der Waals surface area contributed by atoms with Gasteiger partial charge < -0.3 is 20.7 Å². The molecule has 28 heavy (non-hydrogen) atoms. The molecule has 0 spiro atoms. The molecule has 0 unspecified atom stereocenters. The Morgan fingerprint density at radius 3 is 2.50 bits per heavy atom. The molecule has 6 nitrogen and oxygen atoms in total. The molecule has 0 aliphatic heterocycles. The van der Waals surface area contributed by atoms with Crippen molar-refractivity contribution in [3.63, 3.8) is 0 Å². The van der Waals surface area contributed by atoms with Gasteiger partial charge in [0.2, 0.25) is 5.91 Å². The van der Waals surface area contributed by atoms with Gasteiger partial charge in [-0.25, -0.2) is 9.38 Å². The summed E-state index contributed by atoms with van der Waals surface area (Å²) in [6.45, 7) is 4.29. The van der Waals surface area contributed by atoms with E-state index in [1.54, 1.807) is 7.11 Å². The lowest BCUT2D eigenvalue weighted by molar-refractivity contribution is -0.114. The third-order valence-corrected chi connectivity index (χ3v) is 4.98. The molecule has 0 radical (unpaired) electrons. The van der Waals surface area contributed by atoms with Crippen LogP contribution in [0.3, 0.4) is 0 Å². The van der Waals surface area contributed by atoms with Crippen molar-refractivity contribution in [2.24, 2.45) is 10.4 Å². The minimum atomic E-state index is -0.334. The van der Waals surface area contributed by atoms with Crippen LogP contribution in [0.4, 0.5) is 10.1 Å². The van der Waals surface area contributed by atoms with Crippen molar-refractivity contribution >= 4 is 41.5 Å². The van der Waals surface area contributed by atoms with Crippen molar-refractivity contribution in [3.05, 3.63) is 30.1 Å². The molecule has 1 saturated carbocycles. The summed E-state index contributed by atoms with van der Waals surface area (Å²) in [5.74, 6) is 0.0585. The van der Waals surface area contributed by atoms with Gasteiger partial charge in [-0.1, -0.05) is 12.8 Å². The summed E-state index contributed by atoms with van der Waals surface area (Å²) in [5.41, 5.74) is 0.793. The molecule has 0 aromatic heterocycles. The van der Waals surface area contributed by atoms with Crippen LogP contribution in [0.15, 0.2) is 29.3 Å². The maximum atomic E-state index is 12.9. The van der Waals surface area contributed by atoms with Crippen molar-refractivity contribution in [2.45, 2.75) is 39.0 Å². The molecule has 0 saturated heterocycles. The van der Waals surface area contributed by atoms with Gasteiger partial charge in [-0.2, -0.15) is 0 Å². The van der Waals surface area contributed by atoms with Gasteiger partial charge in [0, 0.05) is 32.5 Å². The van der Waals surface area contributed by atoms with Crippen molar-refractivity contribution < 1.29 is 13.9 Å². The molecule has 2 rings (SSSR count). The summed E-state index contributed by atoms with van der Waals surface area (Å²) in [7, 11) is 1.74. The number of amides is 1. The predicted octanol–water partition coefficient (Wildman–Crippen LogP) is 3.53. The van der Waals surface area contributed by atoms with Crippen LogP contribution in [0.25, 0.3) is 0 Å². The number of nitrogens with one attached hydrogen (secondary N) is 3. The van der Waals surface area contributed by atoms with Crippen molar-refractivity contribution in [1.82, 2.24) is 10.6 Å². The lowest BCUT2D eigenvalue weighted by atomic mass is 9.83. The van der Waals surface area contributed by atoms with Gasteiger partial charge in [-0.3, -0.25) is 4.79 Å². The molecule has 1 fully saturated rings.